The van der Waals surface area contributed by atoms with E-state index in [9.17, 15) is 30.7 Å². The summed E-state index contributed by atoms with van der Waals surface area (Å²) in [6.45, 7) is 0. The van der Waals surface area contributed by atoms with Gasteiger partial charge in [0, 0.05) is 25.8 Å². The molecule has 2 radical (unpaired) electrons. The maximum absolute atomic E-state index is 11.1. The van der Waals surface area contributed by atoms with Crippen molar-refractivity contribution in [1.29, 1.82) is 0 Å². The molecule has 0 aliphatic carbocycles. The van der Waals surface area contributed by atoms with Crippen LogP contribution in [0.1, 0.15) is 0 Å². The van der Waals surface area contributed by atoms with Crippen LogP contribution in [0.25, 0.3) is 0 Å². The number of rotatable bonds is 0. The van der Waals surface area contributed by atoms with Gasteiger partial charge in [-0.2, -0.15) is 26.3 Å². The molecule has 0 spiro atoms. The van der Waals surface area contributed by atoms with Gasteiger partial charge in [0.1, 0.15) is 0 Å². The number of alkyl halides is 6. The van der Waals surface area contributed by atoms with E-state index in [1.807, 2.05) is 0 Å². The van der Waals surface area contributed by atoms with Gasteiger partial charge < -0.3 is 0 Å². The van der Waals surface area contributed by atoms with Gasteiger partial charge in [-0.25, -0.2) is 4.39 Å². The average molecular weight is 214 g/mol. The van der Waals surface area contributed by atoms with Gasteiger partial charge in [-0.3, -0.25) is 0 Å². The summed E-state index contributed by atoms with van der Waals surface area (Å²) in [5.74, 6) is 0. The summed E-state index contributed by atoms with van der Waals surface area (Å²) in [5.41, 5.74) is 0. The molecule has 0 rings (SSSR count). The predicted octanol–water partition coefficient (Wildman–Crippen LogP) is 2.61. The van der Waals surface area contributed by atoms with E-state index >= 15 is 0 Å². The molecule has 0 bridgehead atoms. The van der Waals surface area contributed by atoms with Crippen LogP contribution < -0.4 is 0 Å². The molecule has 8 heteroatoms. The largest absolute Gasteiger partial charge is 0.435 e. The maximum atomic E-state index is 11.1. The van der Waals surface area contributed by atoms with Gasteiger partial charge >= 0.3 is 18.5 Å². The first-order valence-electron chi connectivity index (χ1n) is 1.82. The third-order valence-corrected chi connectivity index (χ3v) is 0.498. The Morgan fingerprint density at radius 3 is 0.909 bits per heavy atom. The second-order valence-electron chi connectivity index (χ2n) is 1.31. The van der Waals surface area contributed by atoms with Gasteiger partial charge in [0.05, 0.1) is 0 Å². The first-order valence-corrected chi connectivity index (χ1v) is 1.82. The number of hydrogen-bond acceptors (Lipinski definition) is 0. The fourth-order valence-corrected chi connectivity index (χ4v) is 0.161. The fourth-order valence-electron chi connectivity index (χ4n) is 0.161. The van der Waals surface area contributed by atoms with Crippen LogP contribution in [0.3, 0.4) is 0 Å². The van der Waals surface area contributed by atoms with Crippen molar-refractivity contribution in [2.45, 2.75) is 12.4 Å². The summed E-state index contributed by atoms with van der Waals surface area (Å²) in [6, 6.07) is 0. The molecule has 0 heterocycles. The Labute approximate surface area is 75.5 Å². The van der Waals surface area contributed by atoms with E-state index in [0.29, 0.717) is 0 Å². The summed E-state index contributed by atoms with van der Waals surface area (Å²) in [4.78, 5) is 0. The number of halogens is 7. The molecule has 0 atom stereocenters. The quantitative estimate of drug-likeness (QED) is 0.543. The molecule has 0 fully saturated rings. The second-order valence-corrected chi connectivity index (χ2v) is 1.31. The molecule has 0 aromatic heterocycles. The Hall–Kier alpha value is 0.380. The van der Waals surface area contributed by atoms with Crippen molar-refractivity contribution >= 4 is 0 Å². The summed E-state index contributed by atoms with van der Waals surface area (Å²) in [6.07, 6.45) is -15.8. The third kappa shape index (κ3) is 4.76. The van der Waals surface area contributed by atoms with Crippen LogP contribution in [0.5, 0.6) is 0 Å². The van der Waals surface area contributed by atoms with Crippen molar-refractivity contribution in [3.63, 3.8) is 0 Å². The molecule has 0 aliphatic rings. The smallest absolute Gasteiger partial charge is 0.219 e. The van der Waals surface area contributed by atoms with Crippen LogP contribution in [-0.2, 0) is 25.8 Å². The van der Waals surface area contributed by atoms with E-state index in [-0.39, 0.29) is 25.8 Å². The molecular weight excluding hydrogens is 214 g/mol. The molecule has 0 aromatic rings. The standard InChI is InChI=1S/C3F7.Sc/c4-1(2(5,6)7)3(8,9)10;. The molecule has 0 N–H and O–H groups in total. The van der Waals surface area contributed by atoms with Crippen molar-refractivity contribution in [3.05, 3.63) is 6.17 Å². The second kappa shape index (κ2) is 3.86. The SMILES string of the molecule is F[C](C(F)(F)F)C(F)(F)F.[Sc]. The summed E-state index contributed by atoms with van der Waals surface area (Å²) in [7, 11) is 0. The zero-order valence-corrected chi connectivity index (χ0v) is 6.53. The van der Waals surface area contributed by atoms with Gasteiger partial charge in [-0.1, -0.05) is 0 Å². The van der Waals surface area contributed by atoms with Crippen LogP contribution in [0.4, 0.5) is 30.7 Å². The van der Waals surface area contributed by atoms with E-state index in [2.05, 4.69) is 0 Å². The summed E-state index contributed by atoms with van der Waals surface area (Å²) < 4.78 is 76.0. The van der Waals surface area contributed by atoms with Gasteiger partial charge in [0.15, 0.2) is 0 Å². The minimum atomic E-state index is -5.93. The molecule has 0 aromatic carbocycles. The maximum Gasteiger partial charge on any atom is 0.435 e. The van der Waals surface area contributed by atoms with Crippen molar-refractivity contribution in [2.75, 3.05) is 0 Å². The summed E-state index contributed by atoms with van der Waals surface area (Å²) >= 11 is 0. The molecule has 11 heavy (non-hydrogen) atoms. The van der Waals surface area contributed by atoms with Gasteiger partial charge in [0.25, 0.3) is 0 Å². The number of hydrogen-bond donors (Lipinski definition) is 0. The van der Waals surface area contributed by atoms with E-state index in [1.165, 1.54) is 0 Å². The van der Waals surface area contributed by atoms with Gasteiger partial charge in [0.2, 0.25) is 0 Å². The molecular formula is C3F7Sc. The van der Waals surface area contributed by atoms with Crippen LogP contribution in [0.2, 0.25) is 0 Å². The molecule has 0 unspecified atom stereocenters. The van der Waals surface area contributed by atoms with E-state index in [1.54, 1.807) is 0 Å². The van der Waals surface area contributed by atoms with Gasteiger partial charge in [-0.15, -0.1) is 0 Å². The third-order valence-electron chi connectivity index (χ3n) is 0.498. The Kier molecular flexibility index (Phi) is 4.89. The van der Waals surface area contributed by atoms with E-state index < -0.39 is 18.5 Å². The first-order chi connectivity index (χ1) is 4.15. The van der Waals surface area contributed by atoms with E-state index in [0.717, 1.165) is 0 Å². The molecule has 0 nitrogen and oxygen atoms in total. The van der Waals surface area contributed by atoms with Crippen molar-refractivity contribution in [3.8, 4) is 0 Å². The Balaban J connectivity index is 0. The minimum Gasteiger partial charge on any atom is -0.219 e. The van der Waals surface area contributed by atoms with Crippen LogP contribution in [0, 0.1) is 6.17 Å². The molecule has 64 valence electrons. The predicted molar refractivity (Wildman–Crippen MR) is 16.5 cm³/mol. The molecule has 0 amide bonds. The van der Waals surface area contributed by atoms with Crippen LogP contribution in [-0.4, -0.2) is 12.4 Å². The fraction of sp³-hybridized carbons (Fsp3) is 0.667. The topological polar surface area (TPSA) is 0 Å². The van der Waals surface area contributed by atoms with Crippen molar-refractivity contribution < 1.29 is 56.6 Å². The van der Waals surface area contributed by atoms with Crippen LogP contribution >= 0.6 is 0 Å². The molecule has 0 aliphatic heterocycles. The normalized spacial score (nSPS) is 13.1. The average Bonchev–Trinajstić information content (AvgIpc) is 1.59. The van der Waals surface area contributed by atoms with Crippen molar-refractivity contribution in [2.24, 2.45) is 0 Å². The molecule has 0 saturated heterocycles. The Bertz CT molecular complexity index is 97.8. The van der Waals surface area contributed by atoms with Crippen molar-refractivity contribution in [1.82, 2.24) is 0 Å². The monoisotopic (exact) mass is 214 g/mol. The minimum absolute atomic E-state index is 0. The Morgan fingerprint density at radius 2 is 0.909 bits per heavy atom. The zero-order valence-electron chi connectivity index (χ0n) is 4.72. The molecule has 0 saturated carbocycles. The zero-order chi connectivity index (χ0) is 8.58. The Morgan fingerprint density at radius 1 is 0.727 bits per heavy atom. The van der Waals surface area contributed by atoms with Gasteiger partial charge in [-0.05, 0) is 0 Å². The summed E-state index contributed by atoms with van der Waals surface area (Å²) in [5, 5.41) is 0. The van der Waals surface area contributed by atoms with Crippen LogP contribution in [0.15, 0.2) is 0 Å². The van der Waals surface area contributed by atoms with E-state index in [4.69, 9.17) is 0 Å². The first kappa shape index (κ1) is 13.9.